The first-order valence-corrected chi connectivity index (χ1v) is 6.79. The van der Waals surface area contributed by atoms with Gasteiger partial charge in [-0.15, -0.1) is 0 Å². The largest absolute Gasteiger partial charge is 0.458 e. The SMILES string of the molecule is CC(C)(C)OC(=O)C1(C)NC(=O)c2c(Br)cccc21. The standard InChI is InChI=1S/C14H16BrNO3/c1-13(2,3)19-12(18)14(4)8-6-5-7-9(15)10(8)11(17)16-14/h5-7H,1-4H3,(H,16,17). The first-order valence-electron chi connectivity index (χ1n) is 6.00. The van der Waals surface area contributed by atoms with Gasteiger partial charge in [0.25, 0.3) is 5.91 Å². The molecule has 0 bridgehead atoms. The first kappa shape index (κ1) is 14.1. The number of halogens is 1. The number of carbonyl (C=O) groups excluding carboxylic acids is 2. The molecule has 5 heteroatoms. The van der Waals surface area contributed by atoms with Gasteiger partial charge in [0.1, 0.15) is 5.60 Å². The van der Waals surface area contributed by atoms with Crippen LogP contribution >= 0.6 is 15.9 Å². The van der Waals surface area contributed by atoms with Crippen LogP contribution in [0.3, 0.4) is 0 Å². The normalized spacial score (nSPS) is 21.8. The van der Waals surface area contributed by atoms with Gasteiger partial charge in [0.05, 0.1) is 5.56 Å². The van der Waals surface area contributed by atoms with Crippen molar-refractivity contribution < 1.29 is 14.3 Å². The minimum Gasteiger partial charge on any atom is -0.458 e. The van der Waals surface area contributed by atoms with Crippen LogP contribution in [0, 0.1) is 0 Å². The molecule has 0 aromatic heterocycles. The molecule has 1 amide bonds. The van der Waals surface area contributed by atoms with Crippen LogP contribution in [0.1, 0.15) is 43.6 Å². The molecule has 0 saturated carbocycles. The molecule has 1 aliphatic heterocycles. The van der Waals surface area contributed by atoms with Crippen molar-refractivity contribution >= 4 is 27.8 Å². The molecule has 1 aliphatic rings. The highest BCUT2D eigenvalue weighted by atomic mass is 79.9. The van der Waals surface area contributed by atoms with Gasteiger partial charge in [0, 0.05) is 10.0 Å². The highest BCUT2D eigenvalue weighted by Gasteiger charge is 2.48. The summed E-state index contributed by atoms with van der Waals surface area (Å²) >= 11 is 3.34. The summed E-state index contributed by atoms with van der Waals surface area (Å²) in [7, 11) is 0. The summed E-state index contributed by atoms with van der Waals surface area (Å²) in [6.45, 7) is 7.06. The fourth-order valence-corrected chi connectivity index (χ4v) is 2.62. The third kappa shape index (κ3) is 2.39. The van der Waals surface area contributed by atoms with Gasteiger partial charge in [0.15, 0.2) is 5.54 Å². The summed E-state index contributed by atoms with van der Waals surface area (Å²) in [5.74, 6) is -0.721. The fraction of sp³-hybridized carbons (Fsp3) is 0.429. The fourth-order valence-electron chi connectivity index (χ4n) is 2.07. The second-order valence-electron chi connectivity index (χ2n) is 5.74. The van der Waals surface area contributed by atoms with Crippen molar-refractivity contribution in [3.8, 4) is 0 Å². The monoisotopic (exact) mass is 325 g/mol. The minimum atomic E-state index is -1.14. The minimum absolute atomic E-state index is 0.268. The Hall–Kier alpha value is -1.36. The Morgan fingerprint density at radius 1 is 1.37 bits per heavy atom. The van der Waals surface area contributed by atoms with E-state index in [0.29, 0.717) is 15.6 Å². The lowest BCUT2D eigenvalue weighted by Gasteiger charge is -2.28. The lowest BCUT2D eigenvalue weighted by molar-refractivity contribution is -0.162. The number of esters is 1. The summed E-state index contributed by atoms with van der Waals surface area (Å²) in [6.07, 6.45) is 0. The van der Waals surface area contributed by atoms with Crippen LogP contribution in [-0.2, 0) is 15.1 Å². The highest BCUT2D eigenvalue weighted by molar-refractivity contribution is 9.10. The number of nitrogens with one attached hydrogen (secondary N) is 1. The third-order valence-electron chi connectivity index (χ3n) is 2.95. The van der Waals surface area contributed by atoms with E-state index in [9.17, 15) is 9.59 Å². The molecule has 1 atom stereocenters. The van der Waals surface area contributed by atoms with E-state index in [-0.39, 0.29) is 5.91 Å². The van der Waals surface area contributed by atoms with Crippen molar-refractivity contribution in [2.24, 2.45) is 0 Å². The van der Waals surface area contributed by atoms with Gasteiger partial charge in [-0.05, 0) is 49.7 Å². The maximum Gasteiger partial charge on any atom is 0.336 e. The first-order chi connectivity index (χ1) is 8.65. The predicted octanol–water partition coefficient (Wildman–Crippen LogP) is 2.75. The van der Waals surface area contributed by atoms with Gasteiger partial charge in [-0.2, -0.15) is 0 Å². The molecule has 1 aromatic rings. The highest BCUT2D eigenvalue weighted by Crippen LogP contribution is 2.36. The van der Waals surface area contributed by atoms with Crippen molar-refractivity contribution in [3.63, 3.8) is 0 Å². The molecular formula is C14H16BrNO3. The van der Waals surface area contributed by atoms with Crippen LogP contribution in [-0.4, -0.2) is 17.5 Å². The maximum atomic E-state index is 12.4. The van der Waals surface area contributed by atoms with Crippen LogP contribution < -0.4 is 5.32 Å². The molecule has 0 spiro atoms. The number of hydrogen-bond donors (Lipinski definition) is 1. The molecule has 1 heterocycles. The molecule has 1 aromatic carbocycles. The molecule has 19 heavy (non-hydrogen) atoms. The average Bonchev–Trinajstić information content (AvgIpc) is 2.51. The van der Waals surface area contributed by atoms with E-state index in [1.54, 1.807) is 45.9 Å². The molecule has 0 radical (unpaired) electrons. The van der Waals surface area contributed by atoms with Crippen LogP contribution in [0.4, 0.5) is 0 Å². The summed E-state index contributed by atoms with van der Waals surface area (Å²) in [4.78, 5) is 24.4. The van der Waals surface area contributed by atoms with Crippen LogP contribution in [0.2, 0.25) is 0 Å². The number of rotatable bonds is 1. The second-order valence-corrected chi connectivity index (χ2v) is 6.60. The summed E-state index contributed by atoms with van der Waals surface area (Å²) in [5, 5.41) is 2.72. The second kappa shape index (κ2) is 4.34. The van der Waals surface area contributed by atoms with Crippen LogP contribution in [0.5, 0.6) is 0 Å². The summed E-state index contributed by atoms with van der Waals surface area (Å²) in [5.41, 5.74) is -0.597. The maximum absolute atomic E-state index is 12.4. The zero-order valence-corrected chi connectivity index (χ0v) is 12.9. The third-order valence-corrected chi connectivity index (χ3v) is 3.61. The van der Waals surface area contributed by atoms with E-state index in [1.807, 2.05) is 0 Å². The number of carbonyl (C=O) groups is 2. The Labute approximate surface area is 120 Å². The Kier molecular flexibility index (Phi) is 3.21. The van der Waals surface area contributed by atoms with Crippen molar-refractivity contribution in [1.82, 2.24) is 5.32 Å². The average molecular weight is 326 g/mol. The van der Waals surface area contributed by atoms with Crippen molar-refractivity contribution in [2.45, 2.75) is 38.8 Å². The van der Waals surface area contributed by atoms with E-state index >= 15 is 0 Å². The topological polar surface area (TPSA) is 55.4 Å². The number of hydrogen-bond acceptors (Lipinski definition) is 3. The van der Waals surface area contributed by atoms with Crippen molar-refractivity contribution in [1.29, 1.82) is 0 Å². The quantitative estimate of drug-likeness (QED) is 0.808. The van der Waals surface area contributed by atoms with Gasteiger partial charge >= 0.3 is 5.97 Å². The molecule has 0 fully saturated rings. The Bertz CT molecular complexity index is 562. The lowest BCUT2D eigenvalue weighted by Crippen LogP contribution is -2.47. The van der Waals surface area contributed by atoms with Crippen LogP contribution in [0.15, 0.2) is 22.7 Å². The summed E-state index contributed by atoms with van der Waals surface area (Å²) in [6, 6.07) is 5.34. The molecule has 102 valence electrons. The molecule has 1 unspecified atom stereocenters. The molecule has 4 nitrogen and oxygen atoms in total. The zero-order valence-electron chi connectivity index (χ0n) is 11.3. The molecule has 1 N–H and O–H groups in total. The van der Waals surface area contributed by atoms with E-state index < -0.39 is 17.1 Å². The Balaban J connectivity index is 2.46. The molecular weight excluding hydrogens is 310 g/mol. The predicted molar refractivity (Wildman–Crippen MR) is 74.8 cm³/mol. The number of amides is 1. The number of benzene rings is 1. The number of fused-ring (bicyclic) bond motifs is 1. The molecule has 2 rings (SSSR count). The van der Waals surface area contributed by atoms with Gasteiger partial charge < -0.3 is 10.1 Å². The van der Waals surface area contributed by atoms with Crippen molar-refractivity contribution in [3.05, 3.63) is 33.8 Å². The van der Waals surface area contributed by atoms with Crippen LogP contribution in [0.25, 0.3) is 0 Å². The van der Waals surface area contributed by atoms with E-state index in [4.69, 9.17) is 4.74 Å². The molecule has 0 aliphatic carbocycles. The summed E-state index contributed by atoms with van der Waals surface area (Å²) < 4.78 is 6.08. The van der Waals surface area contributed by atoms with Gasteiger partial charge in [-0.25, -0.2) is 4.79 Å². The van der Waals surface area contributed by atoms with Gasteiger partial charge in [-0.3, -0.25) is 4.79 Å². The van der Waals surface area contributed by atoms with E-state index in [0.717, 1.165) is 0 Å². The van der Waals surface area contributed by atoms with Crippen molar-refractivity contribution in [2.75, 3.05) is 0 Å². The van der Waals surface area contributed by atoms with Gasteiger partial charge in [-0.1, -0.05) is 12.1 Å². The lowest BCUT2D eigenvalue weighted by atomic mass is 9.92. The Morgan fingerprint density at radius 2 is 2.00 bits per heavy atom. The van der Waals surface area contributed by atoms with E-state index in [1.165, 1.54) is 0 Å². The zero-order chi connectivity index (χ0) is 14.4. The van der Waals surface area contributed by atoms with E-state index in [2.05, 4.69) is 21.2 Å². The van der Waals surface area contributed by atoms with Gasteiger partial charge in [0.2, 0.25) is 0 Å². The smallest absolute Gasteiger partial charge is 0.336 e. The molecule has 0 saturated heterocycles. The Morgan fingerprint density at radius 3 is 2.58 bits per heavy atom. The number of ether oxygens (including phenoxy) is 1.